The van der Waals surface area contributed by atoms with Gasteiger partial charge in [0.05, 0.1) is 5.41 Å². The van der Waals surface area contributed by atoms with Gasteiger partial charge in [0.15, 0.2) is 5.78 Å². The molecule has 1 heteroatoms. The second-order valence-corrected chi connectivity index (χ2v) is 5.50. The SMILES string of the molecule is CCC(C)(C#Cc1cccc(C)c1)C(=O)c1ccccc1. The third-order valence-electron chi connectivity index (χ3n) is 3.75. The average molecular weight is 276 g/mol. The van der Waals surface area contributed by atoms with Crippen LogP contribution in [0.15, 0.2) is 54.6 Å². The van der Waals surface area contributed by atoms with Crippen molar-refractivity contribution < 1.29 is 4.79 Å². The van der Waals surface area contributed by atoms with Gasteiger partial charge in [-0.2, -0.15) is 0 Å². The molecule has 1 nitrogen and oxygen atoms in total. The first-order valence-electron chi connectivity index (χ1n) is 7.25. The summed E-state index contributed by atoms with van der Waals surface area (Å²) in [6.45, 7) is 5.97. The molecule has 1 atom stereocenters. The Morgan fingerprint density at radius 2 is 1.81 bits per heavy atom. The minimum absolute atomic E-state index is 0.0887. The molecule has 0 fully saturated rings. The molecular weight excluding hydrogens is 256 g/mol. The Labute approximate surface area is 127 Å². The highest BCUT2D eigenvalue weighted by atomic mass is 16.1. The molecule has 0 N–H and O–H groups in total. The fraction of sp³-hybridized carbons (Fsp3) is 0.250. The van der Waals surface area contributed by atoms with Gasteiger partial charge in [-0.15, -0.1) is 0 Å². The van der Waals surface area contributed by atoms with E-state index in [1.54, 1.807) is 0 Å². The summed E-state index contributed by atoms with van der Waals surface area (Å²) >= 11 is 0. The summed E-state index contributed by atoms with van der Waals surface area (Å²) in [6, 6.07) is 17.4. The molecule has 0 radical (unpaired) electrons. The van der Waals surface area contributed by atoms with Gasteiger partial charge < -0.3 is 0 Å². The average Bonchev–Trinajstić information content (AvgIpc) is 2.53. The first kappa shape index (κ1) is 15.1. The molecule has 0 aromatic heterocycles. The van der Waals surface area contributed by atoms with Crippen molar-refractivity contribution in [1.82, 2.24) is 0 Å². The summed E-state index contributed by atoms with van der Waals surface area (Å²) in [4.78, 5) is 12.7. The smallest absolute Gasteiger partial charge is 0.180 e. The van der Waals surface area contributed by atoms with Crippen LogP contribution in [0.5, 0.6) is 0 Å². The van der Waals surface area contributed by atoms with E-state index in [2.05, 4.69) is 11.8 Å². The van der Waals surface area contributed by atoms with E-state index in [0.29, 0.717) is 6.42 Å². The monoisotopic (exact) mass is 276 g/mol. The lowest BCUT2D eigenvalue weighted by molar-refractivity contribution is 0.0874. The summed E-state index contributed by atoms with van der Waals surface area (Å²) in [7, 11) is 0. The van der Waals surface area contributed by atoms with Gasteiger partial charge in [0.2, 0.25) is 0 Å². The standard InChI is InChI=1S/C20H20O/c1-4-20(3,19(21)18-11-6-5-7-12-18)14-13-17-10-8-9-16(2)15-17/h5-12,15H,4H2,1-3H3. The Hall–Kier alpha value is -2.33. The lowest BCUT2D eigenvalue weighted by Gasteiger charge is -2.20. The number of benzene rings is 2. The van der Waals surface area contributed by atoms with Gasteiger partial charge >= 0.3 is 0 Å². The first-order valence-corrected chi connectivity index (χ1v) is 7.25. The Morgan fingerprint density at radius 3 is 2.43 bits per heavy atom. The highest BCUT2D eigenvalue weighted by Gasteiger charge is 2.29. The Balaban J connectivity index is 2.32. The van der Waals surface area contributed by atoms with Crippen LogP contribution >= 0.6 is 0 Å². The predicted molar refractivity (Wildman–Crippen MR) is 87.2 cm³/mol. The van der Waals surface area contributed by atoms with Crippen LogP contribution in [0.25, 0.3) is 0 Å². The molecule has 0 saturated carbocycles. The summed E-state index contributed by atoms with van der Waals surface area (Å²) in [5, 5.41) is 0. The zero-order valence-corrected chi connectivity index (χ0v) is 12.8. The molecule has 0 aliphatic rings. The van der Waals surface area contributed by atoms with Crippen molar-refractivity contribution in [3.05, 3.63) is 71.3 Å². The van der Waals surface area contributed by atoms with E-state index in [1.165, 1.54) is 5.56 Å². The molecular formula is C20H20O. The van der Waals surface area contributed by atoms with Crippen molar-refractivity contribution in [3.63, 3.8) is 0 Å². The van der Waals surface area contributed by atoms with Crippen molar-refractivity contribution in [1.29, 1.82) is 0 Å². The number of rotatable bonds is 3. The molecule has 0 aliphatic carbocycles. The molecule has 0 amide bonds. The molecule has 0 heterocycles. The van der Waals surface area contributed by atoms with Gasteiger partial charge in [0.25, 0.3) is 0 Å². The highest BCUT2D eigenvalue weighted by molar-refractivity contribution is 6.02. The van der Waals surface area contributed by atoms with E-state index in [9.17, 15) is 4.79 Å². The van der Waals surface area contributed by atoms with Gasteiger partial charge in [0.1, 0.15) is 0 Å². The minimum atomic E-state index is -0.648. The van der Waals surface area contributed by atoms with Crippen LogP contribution in [-0.4, -0.2) is 5.78 Å². The van der Waals surface area contributed by atoms with E-state index in [0.717, 1.165) is 11.1 Å². The maximum absolute atomic E-state index is 12.7. The van der Waals surface area contributed by atoms with E-state index in [1.807, 2.05) is 75.4 Å². The molecule has 0 spiro atoms. The van der Waals surface area contributed by atoms with E-state index < -0.39 is 5.41 Å². The number of carbonyl (C=O) groups is 1. The molecule has 21 heavy (non-hydrogen) atoms. The van der Waals surface area contributed by atoms with E-state index in [-0.39, 0.29) is 5.78 Å². The Bertz CT molecular complexity index is 689. The summed E-state index contributed by atoms with van der Waals surface area (Å²) < 4.78 is 0. The summed E-state index contributed by atoms with van der Waals surface area (Å²) in [5.74, 6) is 6.43. The van der Waals surface area contributed by atoms with Crippen LogP contribution in [0.3, 0.4) is 0 Å². The highest BCUT2D eigenvalue weighted by Crippen LogP contribution is 2.26. The van der Waals surface area contributed by atoms with Gasteiger partial charge in [-0.25, -0.2) is 0 Å². The van der Waals surface area contributed by atoms with Crippen molar-refractivity contribution >= 4 is 5.78 Å². The molecule has 0 bridgehead atoms. The van der Waals surface area contributed by atoms with E-state index >= 15 is 0 Å². The number of aryl methyl sites for hydroxylation is 1. The van der Waals surface area contributed by atoms with Gasteiger partial charge in [-0.05, 0) is 38.0 Å². The zero-order valence-electron chi connectivity index (χ0n) is 12.8. The van der Waals surface area contributed by atoms with Gasteiger partial charge in [-0.3, -0.25) is 4.79 Å². The number of hydrogen-bond donors (Lipinski definition) is 0. The first-order chi connectivity index (χ1) is 10.0. The molecule has 1 unspecified atom stereocenters. The Morgan fingerprint density at radius 1 is 1.10 bits per heavy atom. The topological polar surface area (TPSA) is 17.1 Å². The van der Waals surface area contributed by atoms with Crippen molar-refractivity contribution in [2.45, 2.75) is 27.2 Å². The number of Topliss-reactive ketones (excluding diaryl/α,β-unsaturated/α-hetero) is 1. The normalized spacial score (nSPS) is 12.9. The second kappa shape index (κ2) is 6.41. The summed E-state index contributed by atoms with van der Waals surface area (Å²) in [5.41, 5.74) is 2.20. The largest absolute Gasteiger partial charge is 0.292 e. The molecule has 106 valence electrons. The van der Waals surface area contributed by atoms with Crippen LogP contribution in [0, 0.1) is 24.2 Å². The molecule has 0 aliphatic heterocycles. The molecule has 2 aromatic rings. The fourth-order valence-corrected chi connectivity index (χ4v) is 2.15. The van der Waals surface area contributed by atoms with Crippen LogP contribution in [0.1, 0.15) is 41.8 Å². The third-order valence-corrected chi connectivity index (χ3v) is 3.75. The van der Waals surface area contributed by atoms with Crippen molar-refractivity contribution in [2.75, 3.05) is 0 Å². The molecule has 2 aromatic carbocycles. The fourth-order valence-electron chi connectivity index (χ4n) is 2.15. The second-order valence-electron chi connectivity index (χ2n) is 5.50. The van der Waals surface area contributed by atoms with Crippen LogP contribution in [0.2, 0.25) is 0 Å². The number of carbonyl (C=O) groups excluding carboxylic acids is 1. The van der Waals surface area contributed by atoms with Crippen molar-refractivity contribution in [3.8, 4) is 11.8 Å². The maximum atomic E-state index is 12.7. The lowest BCUT2D eigenvalue weighted by atomic mass is 9.80. The quantitative estimate of drug-likeness (QED) is 0.589. The van der Waals surface area contributed by atoms with Crippen LogP contribution < -0.4 is 0 Å². The zero-order chi connectivity index (χ0) is 15.3. The van der Waals surface area contributed by atoms with E-state index in [4.69, 9.17) is 0 Å². The predicted octanol–water partition coefficient (Wildman–Crippen LogP) is 4.65. The van der Waals surface area contributed by atoms with Crippen molar-refractivity contribution in [2.24, 2.45) is 5.41 Å². The summed E-state index contributed by atoms with van der Waals surface area (Å²) in [6.07, 6.45) is 0.694. The Kier molecular flexibility index (Phi) is 4.60. The number of ketones is 1. The maximum Gasteiger partial charge on any atom is 0.180 e. The molecule has 2 rings (SSSR count). The third kappa shape index (κ3) is 3.61. The number of hydrogen-bond acceptors (Lipinski definition) is 1. The van der Waals surface area contributed by atoms with Crippen LogP contribution in [0.4, 0.5) is 0 Å². The van der Waals surface area contributed by atoms with Gasteiger partial charge in [0, 0.05) is 11.1 Å². The lowest BCUT2D eigenvalue weighted by Crippen LogP contribution is -2.25. The minimum Gasteiger partial charge on any atom is -0.292 e. The van der Waals surface area contributed by atoms with Gasteiger partial charge in [-0.1, -0.05) is 61.2 Å². The molecule has 0 saturated heterocycles. The van der Waals surface area contributed by atoms with Crippen LogP contribution in [-0.2, 0) is 0 Å².